The summed E-state index contributed by atoms with van der Waals surface area (Å²) < 4.78 is 0. The Hall–Kier alpha value is -3.08. The third-order valence-electron chi connectivity index (χ3n) is 9.75. The minimum Gasteiger partial charge on any atom is -0.318 e. The van der Waals surface area contributed by atoms with Crippen molar-refractivity contribution in [1.82, 2.24) is 0 Å². The maximum Gasteiger partial charge on any atom is 0.0660 e. The van der Waals surface area contributed by atoms with Crippen molar-refractivity contribution < 1.29 is 0 Å². The molecular weight excluding hydrogens is 518 g/mol. The Bertz CT molecular complexity index is 1410. The molecule has 0 bridgehead atoms. The summed E-state index contributed by atoms with van der Waals surface area (Å²) in [5.74, 6) is 7.90. The highest BCUT2D eigenvalue weighted by Gasteiger charge is 2.50. The quantitative estimate of drug-likeness (QED) is 0.274. The summed E-state index contributed by atoms with van der Waals surface area (Å²) in [7, 11) is 0. The molecule has 5 rings (SSSR count). The number of allylic oxidation sites excluding steroid dienone is 6. The summed E-state index contributed by atoms with van der Waals surface area (Å²) in [6.07, 6.45) is 11.3. The molecule has 0 aromatic heterocycles. The standard InChI is InChI=1S/C36H43N.2C2H6.C2H4/c1-9-28-18-29(16-15-27-13-11-10-12-14-27)23(5)34-24(6)35-26(8)36(37)25(7)33(21(2)3)22(4)17-31(36)19-30(35)20-32(28)34;3*1-2/h13,18,30-31H,2,6-7,9-12,14,17,19-20,37H2,1,3-5,8H3;2*1-2H3;1-2H2. The predicted octanol–water partition coefficient (Wildman–Crippen LogP) is 11.3. The number of fused-ring (bicyclic) bond motifs is 3. The maximum absolute atomic E-state index is 7.38. The second-order valence-corrected chi connectivity index (χ2v) is 12.0. The van der Waals surface area contributed by atoms with Gasteiger partial charge in [-0.3, -0.25) is 0 Å². The third-order valence-corrected chi connectivity index (χ3v) is 9.75. The van der Waals surface area contributed by atoms with E-state index >= 15 is 0 Å². The highest BCUT2D eigenvalue weighted by atomic mass is 14.8. The van der Waals surface area contributed by atoms with E-state index in [4.69, 9.17) is 12.3 Å². The van der Waals surface area contributed by atoms with Gasteiger partial charge in [0.25, 0.3) is 0 Å². The van der Waals surface area contributed by atoms with Gasteiger partial charge in [-0.15, -0.1) is 13.2 Å². The van der Waals surface area contributed by atoms with Crippen molar-refractivity contribution in [2.45, 2.75) is 119 Å². The molecule has 4 aliphatic carbocycles. The molecule has 2 N–H and O–H groups in total. The number of rotatable bonds is 2. The van der Waals surface area contributed by atoms with E-state index in [-0.39, 0.29) is 0 Å². The molecule has 0 saturated heterocycles. The van der Waals surface area contributed by atoms with E-state index < -0.39 is 5.54 Å². The molecule has 1 heteroatoms. The van der Waals surface area contributed by atoms with Crippen LogP contribution in [0.1, 0.15) is 122 Å². The van der Waals surface area contributed by atoms with Crippen LogP contribution < -0.4 is 5.73 Å². The first-order valence-corrected chi connectivity index (χ1v) is 16.7. The first kappa shape index (κ1) is 36.1. The first-order chi connectivity index (χ1) is 20.6. The Kier molecular flexibility index (Phi) is 13.1. The summed E-state index contributed by atoms with van der Waals surface area (Å²) >= 11 is 0. The molecule has 0 spiro atoms. The largest absolute Gasteiger partial charge is 0.318 e. The highest BCUT2D eigenvalue weighted by Crippen LogP contribution is 2.56. The SMILES string of the molecule is C=C.C=C(C)C1=C(C)CC2CC3Cc4c(CC)cc(C#CC5=CCCCC5)c(C)c4C(=C)C3=C(C)C2(N)C1=C.CC.CC. The van der Waals surface area contributed by atoms with Crippen LogP contribution in [0.15, 0.2) is 84.0 Å². The maximum atomic E-state index is 7.38. The van der Waals surface area contributed by atoms with Crippen molar-refractivity contribution >= 4 is 5.57 Å². The van der Waals surface area contributed by atoms with Gasteiger partial charge in [0, 0.05) is 5.56 Å². The summed E-state index contributed by atoms with van der Waals surface area (Å²) in [6.45, 7) is 38.7. The van der Waals surface area contributed by atoms with Gasteiger partial charge in [-0.1, -0.05) is 83.4 Å². The highest BCUT2D eigenvalue weighted by molar-refractivity contribution is 5.87. The zero-order valence-corrected chi connectivity index (χ0v) is 29.1. The number of benzene rings is 1. The smallest absolute Gasteiger partial charge is 0.0660 e. The van der Waals surface area contributed by atoms with Gasteiger partial charge in [-0.05, 0) is 153 Å². The minimum atomic E-state index is -0.535. The molecule has 1 aromatic rings. The second-order valence-electron chi connectivity index (χ2n) is 12.0. The van der Waals surface area contributed by atoms with Crippen molar-refractivity contribution in [2.24, 2.45) is 17.6 Å². The lowest BCUT2D eigenvalue weighted by Crippen LogP contribution is -2.56. The molecule has 0 saturated carbocycles. The Labute approximate surface area is 265 Å². The van der Waals surface area contributed by atoms with Gasteiger partial charge in [-0.25, -0.2) is 0 Å². The fourth-order valence-electron chi connectivity index (χ4n) is 7.87. The topological polar surface area (TPSA) is 26.0 Å². The summed E-state index contributed by atoms with van der Waals surface area (Å²) in [4.78, 5) is 0. The molecule has 4 aliphatic rings. The average Bonchev–Trinajstić information content (AvgIpc) is 3.02. The Balaban J connectivity index is 0.00000101. The first-order valence-electron chi connectivity index (χ1n) is 16.7. The van der Waals surface area contributed by atoms with Crippen molar-refractivity contribution in [3.63, 3.8) is 0 Å². The molecule has 0 fully saturated rings. The Morgan fingerprint density at radius 1 is 1.02 bits per heavy atom. The molecule has 0 amide bonds. The minimum absolute atomic E-state index is 0.367. The van der Waals surface area contributed by atoms with Gasteiger partial charge in [0.2, 0.25) is 0 Å². The molecule has 0 heterocycles. The third kappa shape index (κ3) is 6.56. The van der Waals surface area contributed by atoms with E-state index in [9.17, 15) is 0 Å². The summed E-state index contributed by atoms with van der Waals surface area (Å²) in [5.41, 5.74) is 23.3. The molecule has 232 valence electrons. The van der Waals surface area contributed by atoms with Crippen LogP contribution in [0.2, 0.25) is 0 Å². The Morgan fingerprint density at radius 2 is 1.67 bits per heavy atom. The molecule has 43 heavy (non-hydrogen) atoms. The van der Waals surface area contributed by atoms with Gasteiger partial charge >= 0.3 is 0 Å². The van der Waals surface area contributed by atoms with Gasteiger partial charge in [0.1, 0.15) is 0 Å². The normalized spacial score (nSPS) is 23.7. The van der Waals surface area contributed by atoms with E-state index in [0.29, 0.717) is 11.8 Å². The van der Waals surface area contributed by atoms with Crippen molar-refractivity contribution in [3.05, 3.63) is 112 Å². The average molecular weight is 578 g/mol. The monoisotopic (exact) mass is 577 g/mol. The van der Waals surface area contributed by atoms with Crippen LogP contribution in [-0.2, 0) is 12.8 Å². The van der Waals surface area contributed by atoms with E-state index in [1.165, 1.54) is 63.0 Å². The number of nitrogens with two attached hydrogens (primary N) is 1. The van der Waals surface area contributed by atoms with Gasteiger partial charge in [0.15, 0.2) is 0 Å². The van der Waals surface area contributed by atoms with Crippen molar-refractivity contribution in [1.29, 1.82) is 0 Å². The van der Waals surface area contributed by atoms with Crippen LogP contribution in [0.4, 0.5) is 0 Å². The molecular formula is C42H59N. The van der Waals surface area contributed by atoms with Gasteiger partial charge < -0.3 is 5.73 Å². The molecule has 1 nitrogen and oxygen atoms in total. The second kappa shape index (κ2) is 15.6. The van der Waals surface area contributed by atoms with Crippen LogP contribution in [0.25, 0.3) is 5.57 Å². The van der Waals surface area contributed by atoms with Crippen molar-refractivity contribution in [2.75, 3.05) is 0 Å². The van der Waals surface area contributed by atoms with Crippen LogP contribution >= 0.6 is 0 Å². The number of hydrogen-bond acceptors (Lipinski definition) is 1. The zero-order chi connectivity index (χ0) is 32.6. The van der Waals surface area contributed by atoms with E-state index in [1.54, 1.807) is 0 Å². The van der Waals surface area contributed by atoms with E-state index in [0.717, 1.165) is 60.8 Å². The van der Waals surface area contributed by atoms with Crippen LogP contribution in [0.3, 0.4) is 0 Å². The summed E-state index contributed by atoms with van der Waals surface area (Å²) in [5, 5.41) is 0. The fraction of sp³-hybridized carbons (Fsp3) is 0.476. The summed E-state index contributed by atoms with van der Waals surface area (Å²) in [6, 6.07) is 2.37. The number of aryl methyl sites for hydroxylation is 1. The van der Waals surface area contributed by atoms with E-state index in [1.807, 2.05) is 27.7 Å². The molecule has 3 unspecified atom stereocenters. The van der Waals surface area contributed by atoms with Gasteiger partial charge in [-0.2, -0.15) is 0 Å². The zero-order valence-electron chi connectivity index (χ0n) is 29.1. The predicted molar refractivity (Wildman–Crippen MR) is 193 cm³/mol. The molecule has 0 radical (unpaired) electrons. The van der Waals surface area contributed by atoms with Crippen molar-refractivity contribution in [3.8, 4) is 11.8 Å². The fourth-order valence-corrected chi connectivity index (χ4v) is 7.87. The molecule has 1 aromatic carbocycles. The molecule has 3 atom stereocenters. The van der Waals surface area contributed by atoms with Crippen LogP contribution in [0.5, 0.6) is 0 Å². The lowest BCUT2D eigenvalue weighted by Gasteiger charge is -2.52. The number of hydrogen-bond donors (Lipinski definition) is 1. The van der Waals surface area contributed by atoms with E-state index in [2.05, 4.69) is 84.9 Å². The van der Waals surface area contributed by atoms with Crippen LogP contribution in [-0.4, -0.2) is 5.54 Å². The lowest BCUT2D eigenvalue weighted by molar-refractivity contribution is 0.264. The van der Waals surface area contributed by atoms with Gasteiger partial charge in [0.05, 0.1) is 5.54 Å². The van der Waals surface area contributed by atoms with Crippen LogP contribution in [0, 0.1) is 30.6 Å². The Morgan fingerprint density at radius 3 is 2.23 bits per heavy atom. The lowest BCUT2D eigenvalue weighted by atomic mass is 9.54. The molecule has 0 aliphatic heterocycles.